The fourth-order valence-electron chi connectivity index (χ4n) is 1.68. The number of β-amino-alcohol motifs (C(OH)–C–C–N with tert-alkyl or cyclic N) is 2. The maximum Gasteiger partial charge on any atom is 0.257 e. The number of rotatable bonds is 1. The van der Waals surface area contributed by atoms with Crippen LogP contribution in [0.25, 0.3) is 0 Å². The minimum atomic E-state index is -0.905. The summed E-state index contributed by atoms with van der Waals surface area (Å²) in [6.07, 6.45) is -0.317. The number of likely N-dealkylation sites (tertiary alicyclic amines) is 1. The van der Waals surface area contributed by atoms with E-state index in [1.807, 2.05) is 0 Å². The van der Waals surface area contributed by atoms with Gasteiger partial charge in [-0.05, 0) is 22.0 Å². The molecule has 1 aliphatic heterocycles. The van der Waals surface area contributed by atoms with E-state index in [-0.39, 0.29) is 29.7 Å². The first kappa shape index (κ1) is 12.8. The van der Waals surface area contributed by atoms with Gasteiger partial charge in [0.05, 0.1) is 17.8 Å². The second kappa shape index (κ2) is 4.89. The van der Waals surface area contributed by atoms with Gasteiger partial charge >= 0.3 is 0 Å². The maximum atomic E-state index is 12.1. The second-order valence-corrected chi connectivity index (χ2v) is 5.11. The summed E-state index contributed by atoms with van der Waals surface area (Å²) in [5.74, 6) is -0.348. The van der Waals surface area contributed by atoms with Gasteiger partial charge in [0.25, 0.3) is 5.91 Å². The van der Waals surface area contributed by atoms with Crippen molar-refractivity contribution in [1.82, 2.24) is 9.88 Å². The van der Waals surface area contributed by atoms with Crippen molar-refractivity contribution in [2.45, 2.75) is 12.2 Å². The van der Waals surface area contributed by atoms with E-state index >= 15 is 0 Å². The molecule has 2 atom stereocenters. The largest absolute Gasteiger partial charge is 0.388 e. The van der Waals surface area contributed by atoms with E-state index in [2.05, 4.69) is 20.9 Å². The Morgan fingerprint density at radius 2 is 2.06 bits per heavy atom. The Morgan fingerprint density at radius 1 is 1.47 bits per heavy atom. The van der Waals surface area contributed by atoms with Crippen LogP contribution in [0.3, 0.4) is 0 Å². The van der Waals surface area contributed by atoms with Crippen LogP contribution < -0.4 is 0 Å². The molecule has 2 heterocycles. The van der Waals surface area contributed by atoms with Crippen LogP contribution in [-0.4, -0.2) is 51.3 Å². The van der Waals surface area contributed by atoms with Gasteiger partial charge < -0.3 is 15.1 Å². The van der Waals surface area contributed by atoms with Crippen molar-refractivity contribution < 1.29 is 15.0 Å². The van der Waals surface area contributed by atoms with E-state index in [4.69, 9.17) is 11.6 Å². The van der Waals surface area contributed by atoms with Crippen LogP contribution in [0, 0.1) is 0 Å². The minimum absolute atomic E-state index is 0.100. The first-order chi connectivity index (χ1) is 7.99. The number of nitrogens with zero attached hydrogens (tertiary/aromatic N) is 2. The monoisotopic (exact) mass is 320 g/mol. The molecule has 5 nitrogen and oxygen atoms in total. The Bertz CT molecular complexity index is 447. The Morgan fingerprint density at radius 3 is 2.65 bits per heavy atom. The molecule has 2 N–H and O–H groups in total. The molecule has 1 aliphatic rings. The summed E-state index contributed by atoms with van der Waals surface area (Å²) >= 11 is 9.04. The van der Waals surface area contributed by atoms with Gasteiger partial charge in [0, 0.05) is 23.8 Å². The molecule has 1 aromatic rings. The van der Waals surface area contributed by atoms with Crippen molar-refractivity contribution in [3.8, 4) is 0 Å². The van der Waals surface area contributed by atoms with Crippen LogP contribution in [0.4, 0.5) is 0 Å². The number of halogens is 2. The van der Waals surface area contributed by atoms with Gasteiger partial charge in [0.2, 0.25) is 0 Å². The summed E-state index contributed by atoms with van der Waals surface area (Å²) in [7, 11) is 0. The summed E-state index contributed by atoms with van der Waals surface area (Å²) in [6, 6.07) is 1.56. The van der Waals surface area contributed by atoms with Gasteiger partial charge in [-0.25, -0.2) is 4.98 Å². The highest BCUT2D eigenvalue weighted by Crippen LogP contribution is 2.21. The lowest BCUT2D eigenvalue weighted by atomic mass is 10.2. The third kappa shape index (κ3) is 2.60. The molecule has 0 aliphatic carbocycles. The quantitative estimate of drug-likeness (QED) is 0.746. The van der Waals surface area contributed by atoms with E-state index in [0.717, 1.165) is 0 Å². The summed E-state index contributed by atoms with van der Waals surface area (Å²) in [5, 5.41) is 18.9. The number of aliphatic hydroxyl groups is 2. The van der Waals surface area contributed by atoms with Crippen molar-refractivity contribution in [2.75, 3.05) is 13.1 Å². The average Bonchev–Trinajstić information content (AvgIpc) is 2.62. The van der Waals surface area contributed by atoms with Crippen LogP contribution in [0.15, 0.2) is 16.7 Å². The summed E-state index contributed by atoms with van der Waals surface area (Å²) in [6.45, 7) is 0.200. The Kier molecular flexibility index (Phi) is 3.67. The molecule has 17 heavy (non-hydrogen) atoms. The summed E-state index contributed by atoms with van der Waals surface area (Å²) in [5.41, 5.74) is 0.252. The molecule has 1 aromatic heterocycles. The zero-order chi connectivity index (χ0) is 12.6. The molecular weight excluding hydrogens is 311 g/mol. The van der Waals surface area contributed by atoms with Crippen molar-refractivity contribution in [3.05, 3.63) is 27.5 Å². The topological polar surface area (TPSA) is 73.7 Å². The highest BCUT2D eigenvalue weighted by molar-refractivity contribution is 9.10. The molecule has 0 saturated carbocycles. The van der Waals surface area contributed by atoms with Gasteiger partial charge in [-0.2, -0.15) is 0 Å². The number of aliphatic hydroxyl groups excluding tert-OH is 2. The maximum absolute atomic E-state index is 12.1. The fourth-order valence-corrected chi connectivity index (χ4v) is 2.19. The molecular formula is C10H10BrClN2O3. The Labute approximate surface area is 111 Å². The molecule has 2 rings (SSSR count). The van der Waals surface area contributed by atoms with E-state index < -0.39 is 12.2 Å². The normalized spacial score (nSPS) is 24.1. The number of carbonyl (C=O) groups excluding carboxylic acids is 1. The standard InChI is InChI=1S/C10H10BrClN2O3/c11-5-1-6(9(12)13-2-5)10(17)14-3-7(15)8(16)4-14/h1-2,7-8,15-16H,3-4H2/t7-,8+. The lowest BCUT2D eigenvalue weighted by Crippen LogP contribution is -2.30. The Hall–Kier alpha value is -0.690. The third-order valence-electron chi connectivity index (χ3n) is 2.58. The van der Waals surface area contributed by atoms with Gasteiger partial charge in [0.1, 0.15) is 5.15 Å². The first-order valence-electron chi connectivity index (χ1n) is 4.95. The van der Waals surface area contributed by atoms with Gasteiger partial charge in [-0.1, -0.05) is 11.6 Å². The fraction of sp³-hybridized carbons (Fsp3) is 0.400. The SMILES string of the molecule is O=C(c1cc(Br)cnc1Cl)N1C[C@@H](O)[C@@H](O)C1. The molecule has 0 bridgehead atoms. The minimum Gasteiger partial charge on any atom is -0.388 e. The van der Waals surface area contributed by atoms with Gasteiger partial charge in [0.15, 0.2) is 0 Å². The van der Waals surface area contributed by atoms with Crippen LogP contribution in [0.2, 0.25) is 5.15 Å². The number of hydrogen-bond acceptors (Lipinski definition) is 4. The molecule has 1 amide bonds. The molecule has 1 saturated heterocycles. The highest BCUT2D eigenvalue weighted by atomic mass is 79.9. The molecule has 7 heteroatoms. The number of hydrogen-bond donors (Lipinski definition) is 2. The van der Waals surface area contributed by atoms with E-state index in [9.17, 15) is 15.0 Å². The molecule has 1 fully saturated rings. The zero-order valence-corrected chi connectivity index (χ0v) is 11.0. The molecule has 0 aromatic carbocycles. The van der Waals surface area contributed by atoms with Crippen molar-refractivity contribution in [3.63, 3.8) is 0 Å². The summed E-state index contributed by atoms with van der Waals surface area (Å²) in [4.78, 5) is 17.3. The zero-order valence-electron chi connectivity index (χ0n) is 8.68. The average molecular weight is 322 g/mol. The van der Waals surface area contributed by atoms with Crippen LogP contribution in [0.1, 0.15) is 10.4 Å². The lowest BCUT2D eigenvalue weighted by Gasteiger charge is -2.15. The highest BCUT2D eigenvalue weighted by Gasteiger charge is 2.33. The molecule has 0 spiro atoms. The molecule has 0 radical (unpaired) electrons. The molecule has 92 valence electrons. The van der Waals surface area contributed by atoms with Gasteiger partial charge in [-0.15, -0.1) is 0 Å². The number of carbonyl (C=O) groups is 1. The summed E-state index contributed by atoms with van der Waals surface area (Å²) < 4.78 is 0.644. The van der Waals surface area contributed by atoms with Crippen LogP contribution >= 0.6 is 27.5 Å². The van der Waals surface area contributed by atoms with Crippen LogP contribution in [0.5, 0.6) is 0 Å². The van der Waals surface area contributed by atoms with E-state index in [1.54, 1.807) is 6.07 Å². The third-order valence-corrected chi connectivity index (χ3v) is 3.32. The number of aromatic nitrogens is 1. The lowest BCUT2D eigenvalue weighted by molar-refractivity contribution is 0.0572. The predicted octanol–water partition coefficient (Wildman–Crippen LogP) is 0.675. The predicted molar refractivity (Wildman–Crippen MR) is 64.9 cm³/mol. The van der Waals surface area contributed by atoms with Crippen molar-refractivity contribution in [1.29, 1.82) is 0 Å². The number of pyridine rings is 1. The van der Waals surface area contributed by atoms with Crippen molar-refractivity contribution >= 4 is 33.4 Å². The Balaban J connectivity index is 2.23. The molecule has 0 unspecified atom stereocenters. The van der Waals surface area contributed by atoms with Crippen LogP contribution in [-0.2, 0) is 0 Å². The van der Waals surface area contributed by atoms with Crippen molar-refractivity contribution in [2.24, 2.45) is 0 Å². The number of amides is 1. The second-order valence-electron chi connectivity index (χ2n) is 3.84. The smallest absolute Gasteiger partial charge is 0.257 e. The van der Waals surface area contributed by atoms with E-state index in [0.29, 0.717) is 4.47 Å². The van der Waals surface area contributed by atoms with Gasteiger partial charge in [-0.3, -0.25) is 4.79 Å². The first-order valence-corrected chi connectivity index (χ1v) is 6.12. The van der Waals surface area contributed by atoms with E-state index in [1.165, 1.54) is 11.1 Å².